The second-order valence-electron chi connectivity index (χ2n) is 5.36. The lowest BCUT2D eigenvalue weighted by atomic mass is 9.94. The van der Waals surface area contributed by atoms with Crippen molar-refractivity contribution in [3.8, 4) is 0 Å². The summed E-state index contributed by atoms with van der Waals surface area (Å²) in [6.07, 6.45) is 0.944. The van der Waals surface area contributed by atoms with Crippen LogP contribution in [0.5, 0.6) is 0 Å². The summed E-state index contributed by atoms with van der Waals surface area (Å²) >= 11 is 0. The SMILES string of the molecule is CC1CN(C)CCC1Nc1c(N)n(C)c(=O)[nH]c1=O. The van der Waals surface area contributed by atoms with E-state index in [2.05, 4.69) is 29.2 Å². The zero-order valence-corrected chi connectivity index (χ0v) is 11.6. The van der Waals surface area contributed by atoms with Gasteiger partial charge in [-0.05, 0) is 25.9 Å². The van der Waals surface area contributed by atoms with Crippen LogP contribution in [-0.2, 0) is 7.05 Å². The van der Waals surface area contributed by atoms with Crippen LogP contribution in [0.3, 0.4) is 0 Å². The Morgan fingerprint density at radius 1 is 1.37 bits per heavy atom. The molecule has 0 spiro atoms. The third-order valence-electron chi connectivity index (χ3n) is 3.81. The molecule has 0 radical (unpaired) electrons. The number of nitrogens with zero attached hydrogens (tertiary/aromatic N) is 2. The molecule has 1 aromatic heterocycles. The van der Waals surface area contributed by atoms with E-state index in [9.17, 15) is 9.59 Å². The van der Waals surface area contributed by atoms with Crippen LogP contribution in [0.25, 0.3) is 0 Å². The lowest BCUT2D eigenvalue weighted by Crippen LogP contribution is -2.45. The van der Waals surface area contributed by atoms with Crippen LogP contribution in [0, 0.1) is 5.92 Å². The minimum absolute atomic E-state index is 0.180. The van der Waals surface area contributed by atoms with Crippen LogP contribution in [0.15, 0.2) is 9.59 Å². The third-order valence-corrected chi connectivity index (χ3v) is 3.81. The molecule has 2 unspecified atom stereocenters. The predicted molar refractivity (Wildman–Crippen MR) is 75.4 cm³/mol. The molecule has 1 saturated heterocycles. The first-order valence-electron chi connectivity index (χ1n) is 6.44. The molecule has 2 atom stereocenters. The standard InChI is InChI=1S/C12H21N5O2/c1-7-6-16(2)5-4-8(7)14-9-10(13)17(3)12(19)15-11(9)18/h7-8,14H,4-6,13H2,1-3H3,(H,15,18,19). The maximum atomic E-state index is 11.8. The third kappa shape index (κ3) is 2.65. The molecule has 4 N–H and O–H groups in total. The Balaban J connectivity index is 2.27. The van der Waals surface area contributed by atoms with Crippen molar-refractivity contribution in [2.24, 2.45) is 13.0 Å². The molecule has 7 heteroatoms. The number of nitrogens with one attached hydrogen (secondary N) is 2. The maximum absolute atomic E-state index is 11.8. The highest BCUT2D eigenvalue weighted by Gasteiger charge is 2.25. The molecule has 0 aliphatic carbocycles. The first-order valence-corrected chi connectivity index (χ1v) is 6.44. The van der Waals surface area contributed by atoms with Gasteiger partial charge in [0, 0.05) is 19.6 Å². The van der Waals surface area contributed by atoms with Crippen molar-refractivity contribution in [3.05, 3.63) is 20.8 Å². The highest BCUT2D eigenvalue weighted by molar-refractivity contribution is 5.60. The quantitative estimate of drug-likeness (QED) is 0.665. The second kappa shape index (κ2) is 5.08. The van der Waals surface area contributed by atoms with Gasteiger partial charge in [-0.3, -0.25) is 14.3 Å². The van der Waals surface area contributed by atoms with Crippen LogP contribution >= 0.6 is 0 Å². The number of piperidine rings is 1. The van der Waals surface area contributed by atoms with Gasteiger partial charge in [-0.25, -0.2) is 4.79 Å². The van der Waals surface area contributed by atoms with Gasteiger partial charge in [0.15, 0.2) is 0 Å². The molecule has 2 rings (SSSR count). The molecule has 0 saturated carbocycles. The van der Waals surface area contributed by atoms with E-state index >= 15 is 0 Å². The lowest BCUT2D eigenvalue weighted by Gasteiger charge is -2.35. The van der Waals surface area contributed by atoms with Crippen LogP contribution in [-0.4, -0.2) is 40.6 Å². The summed E-state index contributed by atoms with van der Waals surface area (Å²) in [5, 5.41) is 3.20. The van der Waals surface area contributed by atoms with E-state index in [4.69, 9.17) is 5.73 Å². The number of nitrogen functional groups attached to an aromatic ring is 1. The number of aromatic amines is 1. The van der Waals surface area contributed by atoms with Gasteiger partial charge in [0.25, 0.3) is 5.56 Å². The zero-order valence-electron chi connectivity index (χ0n) is 11.6. The number of hydrogen-bond acceptors (Lipinski definition) is 5. The molecule has 106 valence electrons. The molecule has 1 aliphatic rings. The molecule has 1 fully saturated rings. The Morgan fingerprint density at radius 3 is 2.68 bits per heavy atom. The fourth-order valence-electron chi connectivity index (χ4n) is 2.53. The minimum atomic E-state index is -0.496. The smallest absolute Gasteiger partial charge is 0.329 e. The Kier molecular flexibility index (Phi) is 3.66. The van der Waals surface area contributed by atoms with Crippen molar-refractivity contribution < 1.29 is 0 Å². The fourth-order valence-corrected chi connectivity index (χ4v) is 2.53. The van der Waals surface area contributed by atoms with Crippen molar-refractivity contribution in [3.63, 3.8) is 0 Å². The Hall–Kier alpha value is -1.76. The van der Waals surface area contributed by atoms with Crippen molar-refractivity contribution in [1.29, 1.82) is 0 Å². The lowest BCUT2D eigenvalue weighted by molar-refractivity contribution is 0.206. The van der Waals surface area contributed by atoms with E-state index in [0.717, 1.165) is 19.5 Å². The molecule has 2 heterocycles. The molecule has 0 bridgehead atoms. The number of aromatic nitrogens is 2. The van der Waals surface area contributed by atoms with E-state index < -0.39 is 11.2 Å². The Labute approximate surface area is 111 Å². The van der Waals surface area contributed by atoms with E-state index in [1.807, 2.05) is 0 Å². The van der Waals surface area contributed by atoms with Gasteiger partial charge < -0.3 is 16.0 Å². The molecular formula is C12H21N5O2. The first-order chi connectivity index (χ1) is 8.90. The van der Waals surface area contributed by atoms with Crippen LogP contribution < -0.4 is 22.3 Å². The van der Waals surface area contributed by atoms with Crippen molar-refractivity contribution in [2.75, 3.05) is 31.2 Å². The summed E-state index contributed by atoms with van der Waals surface area (Å²) < 4.78 is 1.24. The van der Waals surface area contributed by atoms with Gasteiger partial charge in [-0.2, -0.15) is 0 Å². The molecular weight excluding hydrogens is 246 g/mol. The summed E-state index contributed by atoms with van der Waals surface area (Å²) in [6.45, 7) is 4.09. The number of H-pyrrole nitrogens is 1. The summed E-state index contributed by atoms with van der Waals surface area (Å²) in [5.41, 5.74) is 5.19. The van der Waals surface area contributed by atoms with Gasteiger partial charge in [0.05, 0.1) is 0 Å². The number of hydrogen-bond donors (Lipinski definition) is 3. The summed E-state index contributed by atoms with van der Waals surface area (Å²) in [5.74, 6) is 0.592. The van der Waals surface area contributed by atoms with Crippen molar-refractivity contribution in [1.82, 2.24) is 14.5 Å². The summed E-state index contributed by atoms with van der Waals surface area (Å²) in [6, 6.07) is 0.192. The predicted octanol–water partition coefficient (Wildman–Crippen LogP) is -0.592. The highest BCUT2D eigenvalue weighted by Crippen LogP contribution is 2.20. The van der Waals surface area contributed by atoms with Gasteiger partial charge in [-0.1, -0.05) is 6.92 Å². The minimum Gasteiger partial charge on any atom is -0.383 e. The number of rotatable bonds is 2. The van der Waals surface area contributed by atoms with E-state index in [1.165, 1.54) is 11.6 Å². The molecule has 19 heavy (non-hydrogen) atoms. The number of anilines is 2. The average molecular weight is 267 g/mol. The molecule has 0 aromatic carbocycles. The number of nitrogens with two attached hydrogens (primary N) is 1. The highest BCUT2D eigenvalue weighted by atomic mass is 16.2. The van der Waals surface area contributed by atoms with E-state index in [1.54, 1.807) is 0 Å². The van der Waals surface area contributed by atoms with Crippen molar-refractivity contribution >= 4 is 11.5 Å². The topological polar surface area (TPSA) is 96.2 Å². The first kappa shape index (κ1) is 13.7. The Morgan fingerprint density at radius 2 is 2.05 bits per heavy atom. The van der Waals surface area contributed by atoms with Gasteiger partial charge in [-0.15, -0.1) is 0 Å². The Bertz CT molecular complexity index is 576. The normalized spacial score (nSPS) is 24.4. The molecule has 1 aliphatic heterocycles. The summed E-state index contributed by atoms with van der Waals surface area (Å²) in [7, 11) is 3.62. The zero-order chi connectivity index (χ0) is 14.2. The molecule has 1 aromatic rings. The monoisotopic (exact) mass is 267 g/mol. The van der Waals surface area contributed by atoms with Gasteiger partial charge in [0.2, 0.25) is 0 Å². The van der Waals surface area contributed by atoms with Crippen molar-refractivity contribution in [2.45, 2.75) is 19.4 Å². The van der Waals surface area contributed by atoms with Crippen LogP contribution in [0.4, 0.5) is 11.5 Å². The van der Waals surface area contributed by atoms with E-state index in [-0.39, 0.29) is 11.9 Å². The fraction of sp³-hybridized carbons (Fsp3) is 0.667. The number of likely N-dealkylation sites (tertiary alicyclic amines) is 1. The van der Waals surface area contributed by atoms with E-state index in [0.29, 0.717) is 11.6 Å². The summed E-state index contributed by atoms with van der Waals surface area (Å²) in [4.78, 5) is 27.8. The largest absolute Gasteiger partial charge is 0.383 e. The van der Waals surface area contributed by atoms with Crippen LogP contribution in [0.2, 0.25) is 0 Å². The van der Waals surface area contributed by atoms with Gasteiger partial charge >= 0.3 is 5.69 Å². The second-order valence-corrected chi connectivity index (χ2v) is 5.36. The molecule has 7 nitrogen and oxygen atoms in total. The molecule has 0 amide bonds. The average Bonchev–Trinajstić information content (AvgIpc) is 2.34. The van der Waals surface area contributed by atoms with Gasteiger partial charge in [0.1, 0.15) is 11.5 Å². The van der Waals surface area contributed by atoms with Crippen LogP contribution in [0.1, 0.15) is 13.3 Å². The maximum Gasteiger partial charge on any atom is 0.329 e.